The minimum atomic E-state index is -2.21. The first kappa shape index (κ1) is 22.6. The fraction of sp³-hybridized carbons (Fsp3) is 0. The second-order valence-corrected chi connectivity index (χ2v) is 8.98. The van der Waals surface area contributed by atoms with E-state index in [1.165, 1.54) is 10.6 Å². The van der Waals surface area contributed by atoms with Gasteiger partial charge in [-0.2, -0.15) is 0 Å². The van der Waals surface area contributed by atoms with E-state index < -0.39 is 7.05 Å². The first-order chi connectivity index (χ1) is 12.9. The molecule has 28 heavy (non-hydrogen) atoms. The smallest absolute Gasteiger partial charge is 1.00 e. The molecule has 4 rings (SSSR count). The average Bonchev–Trinajstić information content (AvgIpc) is 2.75. The third-order valence-electron chi connectivity index (χ3n) is 4.32. The summed E-state index contributed by atoms with van der Waals surface area (Å²) in [5.41, 5.74) is 0.991. The number of hydrogen-bond donors (Lipinski definition) is 0. The molecule has 4 aromatic rings. The van der Waals surface area contributed by atoms with Gasteiger partial charge in [0.1, 0.15) is 0 Å². The summed E-state index contributed by atoms with van der Waals surface area (Å²) < 4.78 is 5.38. The molecule has 0 aliphatic carbocycles. The number of halogens is 1. The van der Waals surface area contributed by atoms with Crippen LogP contribution < -0.4 is 28.3 Å². The molecule has 0 aliphatic heterocycles. The topological polar surface area (TPSA) is 12.4 Å². The van der Waals surface area contributed by atoms with Crippen molar-refractivity contribution < 1.29 is 40.1 Å². The molecular formula is C24H19ClHgNP. The van der Waals surface area contributed by atoms with Crippen LogP contribution >= 0.6 is 7.05 Å². The number of benzene rings is 4. The van der Waals surface area contributed by atoms with Gasteiger partial charge in [-0.1, -0.05) is 103 Å². The molecule has 1 nitrogen and oxygen atoms in total. The second-order valence-electron chi connectivity index (χ2n) is 5.99. The van der Waals surface area contributed by atoms with Crippen molar-refractivity contribution in [3.8, 4) is 0 Å². The summed E-state index contributed by atoms with van der Waals surface area (Å²) >= 11 is 0. The number of hydrogen-bond acceptors (Lipinski definition) is 1. The van der Waals surface area contributed by atoms with Gasteiger partial charge in [-0.05, 0) is 18.2 Å². The van der Waals surface area contributed by atoms with E-state index >= 15 is 0 Å². The Kier molecular flexibility index (Phi) is 8.70. The van der Waals surface area contributed by atoms with E-state index in [2.05, 4.69) is 91.0 Å². The van der Waals surface area contributed by atoms with E-state index in [1.54, 1.807) is 0 Å². The maximum absolute atomic E-state index is 5.38. The van der Waals surface area contributed by atoms with Crippen molar-refractivity contribution >= 4 is 28.7 Å². The Morgan fingerprint density at radius 1 is 0.571 bits per heavy atom. The predicted octanol–water partition coefficient (Wildman–Crippen LogP) is 2.30. The maximum atomic E-state index is 5.38. The third kappa shape index (κ3) is 4.66. The minimum Gasteiger partial charge on any atom is -1.00 e. The summed E-state index contributed by atoms with van der Waals surface area (Å²) in [4.78, 5) is 0. The minimum absolute atomic E-state index is 0. The van der Waals surface area contributed by atoms with Crippen molar-refractivity contribution in [2.24, 2.45) is 4.74 Å². The van der Waals surface area contributed by atoms with Gasteiger partial charge in [0.05, 0.1) is 12.7 Å². The van der Waals surface area contributed by atoms with Gasteiger partial charge in [0.25, 0.3) is 0 Å². The van der Waals surface area contributed by atoms with E-state index in [1.807, 2.05) is 30.3 Å². The van der Waals surface area contributed by atoms with Crippen molar-refractivity contribution in [2.75, 3.05) is 0 Å². The van der Waals surface area contributed by atoms with Crippen LogP contribution in [0.2, 0.25) is 0 Å². The molecule has 0 aromatic heterocycles. The van der Waals surface area contributed by atoms with Gasteiger partial charge in [-0.3, -0.25) is 4.74 Å². The molecule has 2 radical (unpaired) electrons. The first-order valence-electron chi connectivity index (χ1n) is 8.65. The standard InChI is InChI=1S/C24H19NP.ClH.Hg/c1-5-13-21(14-6-1)25-26(22-15-7-2-8-16-22,23-17-9-3-10-18-23)24-19-11-4-12-20-24;;/h1-19H;1H;/q;;+1/p-1. The molecule has 4 aromatic carbocycles. The summed E-state index contributed by atoms with van der Waals surface area (Å²) in [7, 11) is -2.21. The first-order valence-corrected chi connectivity index (χ1v) is 10.4. The van der Waals surface area contributed by atoms with Gasteiger partial charge in [-0.25, -0.2) is 0 Å². The molecular weight excluding hydrogens is 569 g/mol. The molecule has 0 saturated heterocycles. The zero-order chi connectivity index (χ0) is 17.7. The summed E-state index contributed by atoms with van der Waals surface area (Å²) in [6.07, 6.45) is 0. The average molecular weight is 588 g/mol. The van der Waals surface area contributed by atoms with Crippen LogP contribution in [0.5, 0.6) is 0 Å². The van der Waals surface area contributed by atoms with Crippen LogP contribution in [0.3, 0.4) is 0 Å². The number of nitrogens with zero attached hydrogens (tertiary/aromatic N) is 1. The molecule has 0 fully saturated rings. The molecule has 0 heterocycles. The quantitative estimate of drug-likeness (QED) is 0.257. The largest absolute Gasteiger partial charge is 1.00 e. The zero-order valence-corrected chi connectivity index (χ0v) is 22.6. The molecule has 0 aliphatic rings. The van der Waals surface area contributed by atoms with Crippen molar-refractivity contribution in [3.63, 3.8) is 0 Å². The predicted molar refractivity (Wildman–Crippen MR) is 113 cm³/mol. The molecule has 0 saturated carbocycles. The zero-order valence-electron chi connectivity index (χ0n) is 15.4. The fourth-order valence-electron chi connectivity index (χ4n) is 3.14. The summed E-state index contributed by atoms with van der Waals surface area (Å²) in [5.74, 6) is 0. The van der Waals surface area contributed by atoms with Crippen LogP contribution in [0.15, 0.2) is 120 Å². The van der Waals surface area contributed by atoms with E-state index in [0.717, 1.165) is 11.0 Å². The maximum Gasteiger partial charge on any atom is 1.00 e. The Bertz CT molecular complexity index is 920. The van der Waals surface area contributed by atoms with Crippen LogP contribution in [0.1, 0.15) is 0 Å². The van der Waals surface area contributed by atoms with Crippen molar-refractivity contribution in [1.29, 1.82) is 0 Å². The van der Waals surface area contributed by atoms with Crippen LogP contribution in [-0.2, 0) is 27.7 Å². The summed E-state index contributed by atoms with van der Waals surface area (Å²) in [5, 5.41) is 3.61. The Hall–Kier alpha value is -1.66. The summed E-state index contributed by atoms with van der Waals surface area (Å²) in [6.45, 7) is 0. The van der Waals surface area contributed by atoms with Crippen molar-refractivity contribution in [3.05, 3.63) is 121 Å². The van der Waals surface area contributed by atoms with Crippen LogP contribution in [0.4, 0.5) is 5.69 Å². The van der Waals surface area contributed by atoms with Gasteiger partial charge in [-0.15, -0.1) is 0 Å². The van der Waals surface area contributed by atoms with Crippen molar-refractivity contribution in [2.45, 2.75) is 0 Å². The van der Waals surface area contributed by atoms with Crippen LogP contribution in [0.25, 0.3) is 0 Å². The van der Waals surface area contributed by atoms with E-state index in [0.29, 0.717) is 0 Å². The Morgan fingerprint density at radius 3 is 1.50 bits per heavy atom. The Balaban J connectivity index is 0.00000140. The molecule has 4 heteroatoms. The Labute approximate surface area is 193 Å². The van der Waals surface area contributed by atoms with Gasteiger partial charge < -0.3 is 12.4 Å². The monoisotopic (exact) mass is 589 g/mol. The molecule has 0 unspecified atom stereocenters. The van der Waals surface area contributed by atoms with E-state index in [9.17, 15) is 0 Å². The number of rotatable bonds is 4. The molecule has 0 bridgehead atoms. The van der Waals surface area contributed by atoms with Gasteiger partial charge in [0.2, 0.25) is 0 Å². The molecule has 0 atom stereocenters. The normalized spacial score (nSPS) is 10.3. The molecule has 0 N–H and O–H groups in total. The van der Waals surface area contributed by atoms with Crippen LogP contribution in [-0.4, -0.2) is 0 Å². The van der Waals surface area contributed by atoms with Gasteiger partial charge >= 0.3 is 27.7 Å². The summed E-state index contributed by atoms with van der Waals surface area (Å²) in [6, 6.07) is 43.2. The SMILES string of the molecule is [Cl-].[Hg+].[c]1ccccc1P(=Nc1ccccc1)(c1ccccc1)c1ccccc1. The molecule has 0 spiro atoms. The molecule has 0 amide bonds. The van der Waals surface area contributed by atoms with E-state index in [4.69, 9.17) is 4.74 Å². The van der Waals surface area contributed by atoms with Gasteiger partial charge in [0.15, 0.2) is 0 Å². The van der Waals surface area contributed by atoms with E-state index in [-0.39, 0.29) is 40.1 Å². The van der Waals surface area contributed by atoms with Crippen molar-refractivity contribution in [1.82, 2.24) is 0 Å². The van der Waals surface area contributed by atoms with Gasteiger partial charge in [0, 0.05) is 15.9 Å². The Morgan fingerprint density at radius 2 is 1.04 bits per heavy atom. The van der Waals surface area contributed by atoms with Crippen LogP contribution in [0, 0.1) is 6.07 Å². The molecule has 134 valence electrons. The second kappa shape index (κ2) is 10.8. The third-order valence-corrected chi connectivity index (χ3v) is 7.92. The fourth-order valence-corrected chi connectivity index (χ4v) is 6.58.